The molecule has 0 aliphatic carbocycles. The van der Waals surface area contributed by atoms with Crippen LogP contribution in [0.25, 0.3) is 0 Å². The average molecular weight is 258 g/mol. The molecule has 3 nitrogen and oxygen atoms in total. The van der Waals surface area contributed by atoms with Crippen LogP contribution in [-0.2, 0) is 6.42 Å². The smallest absolute Gasteiger partial charge is 0.121 e. The molecule has 0 saturated carbocycles. The van der Waals surface area contributed by atoms with Gasteiger partial charge in [0.1, 0.15) is 11.5 Å². The van der Waals surface area contributed by atoms with Gasteiger partial charge >= 0.3 is 0 Å². The number of phenols is 1. The summed E-state index contributed by atoms with van der Waals surface area (Å²) in [6, 6.07) is 12.6. The first-order valence-electron chi connectivity index (χ1n) is 6.20. The number of methoxy groups -OCH3 is 1. The molecule has 2 N–H and O–H groups in total. The highest BCUT2D eigenvalue weighted by Gasteiger charge is 2.10. The number of hydrogen-bond acceptors (Lipinski definition) is 3. The minimum Gasteiger partial charge on any atom is -0.508 e. The molecule has 1 atom stereocenters. The summed E-state index contributed by atoms with van der Waals surface area (Å²) in [7, 11) is 1.63. The number of benzene rings is 2. The fraction of sp³-hybridized carbons (Fsp3) is 0.250. The Kier molecular flexibility index (Phi) is 4.07. The second-order valence-corrected chi connectivity index (χ2v) is 4.62. The second kappa shape index (κ2) is 5.76. The van der Waals surface area contributed by atoms with E-state index in [1.54, 1.807) is 25.3 Å². The molecule has 0 fully saturated rings. The van der Waals surface area contributed by atoms with Crippen molar-refractivity contribution < 1.29 is 14.9 Å². The Morgan fingerprint density at radius 1 is 1.16 bits per heavy atom. The zero-order valence-electron chi connectivity index (χ0n) is 11.1. The van der Waals surface area contributed by atoms with Crippen LogP contribution in [0.15, 0.2) is 42.5 Å². The molecule has 0 bridgehead atoms. The van der Waals surface area contributed by atoms with Crippen molar-refractivity contribution in [3.8, 4) is 11.5 Å². The molecule has 2 rings (SSSR count). The topological polar surface area (TPSA) is 49.7 Å². The van der Waals surface area contributed by atoms with E-state index in [1.807, 2.05) is 31.2 Å². The van der Waals surface area contributed by atoms with Crippen LogP contribution in [0.5, 0.6) is 11.5 Å². The van der Waals surface area contributed by atoms with Crippen molar-refractivity contribution in [3.05, 3.63) is 59.2 Å². The number of hydrogen-bond donors (Lipinski definition) is 2. The standard InChI is InChI=1S/C16H18O3/c1-11-8-13(6-7-16(11)19-2)15(18)10-12-4-3-5-14(17)9-12/h3-9,15,17-18H,10H2,1-2H3. The maximum absolute atomic E-state index is 10.2. The molecule has 0 aliphatic rings. The maximum Gasteiger partial charge on any atom is 0.121 e. The number of aliphatic hydroxyl groups is 1. The van der Waals surface area contributed by atoms with E-state index in [-0.39, 0.29) is 5.75 Å². The molecule has 100 valence electrons. The lowest BCUT2D eigenvalue weighted by atomic mass is 9.99. The molecule has 19 heavy (non-hydrogen) atoms. The Morgan fingerprint density at radius 2 is 1.95 bits per heavy atom. The van der Waals surface area contributed by atoms with Crippen LogP contribution in [0.1, 0.15) is 22.8 Å². The van der Waals surface area contributed by atoms with Gasteiger partial charge in [-0.05, 0) is 47.9 Å². The van der Waals surface area contributed by atoms with Gasteiger partial charge in [0.2, 0.25) is 0 Å². The molecule has 0 spiro atoms. The Morgan fingerprint density at radius 3 is 2.58 bits per heavy atom. The molecular weight excluding hydrogens is 240 g/mol. The second-order valence-electron chi connectivity index (χ2n) is 4.62. The molecule has 0 aliphatic heterocycles. The number of aliphatic hydroxyl groups excluding tert-OH is 1. The maximum atomic E-state index is 10.2. The zero-order valence-corrected chi connectivity index (χ0v) is 11.1. The van der Waals surface area contributed by atoms with E-state index in [1.165, 1.54) is 0 Å². The minimum absolute atomic E-state index is 0.218. The van der Waals surface area contributed by atoms with Gasteiger partial charge in [-0.15, -0.1) is 0 Å². The Hall–Kier alpha value is -2.00. The van der Waals surface area contributed by atoms with Crippen LogP contribution < -0.4 is 4.74 Å². The van der Waals surface area contributed by atoms with E-state index in [9.17, 15) is 10.2 Å². The van der Waals surface area contributed by atoms with Crippen molar-refractivity contribution in [1.29, 1.82) is 0 Å². The molecule has 0 aromatic heterocycles. The Bertz CT molecular complexity index is 564. The van der Waals surface area contributed by atoms with Crippen LogP contribution in [0, 0.1) is 6.92 Å². The van der Waals surface area contributed by atoms with Crippen molar-refractivity contribution >= 4 is 0 Å². The van der Waals surface area contributed by atoms with Crippen LogP contribution in [0.3, 0.4) is 0 Å². The molecule has 0 amide bonds. The Balaban J connectivity index is 2.15. The Labute approximate surface area is 113 Å². The summed E-state index contributed by atoms with van der Waals surface area (Å²) in [5.41, 5.74) is 2.75. The quantitative estimate of drug-likeness (QED) is 0.886. The van der Waals surface area contributed by atoms with Gasteiger partial charge in [0.05, 0.1) is 13.2 Å². The summed E-state index contributed by atoms with van der Waals surface area (Å²) < 4.78 is 5.20. The van der Waals surface area contributed by atoms with Gasteiger partial charge in [-0.2, -0.15) is 0 Å². The number of rotatable bonds is 4. The van der Waals surface area contributed by atoms with Gasteiger partial charge in [0.15, 0.2) is 0 Å². The number of ether oxygens (including phenoxy) is 1. The van der Waals surface area contributed by atoms with Crippen molar-refractivity contribution in [3.63, 3.8) is 0 Å². The van der Waals surface area contributed by atoms with E-state index in [2.05, 4.69) is 0 Å². The highest BCUT2D eigenvalue weighted by Crippen LogP contribution is 2.25. The lowest BCUT2D eigenvalue weighted by molar-refractivity contribution is 0.178. The van der Waals surface area contributed by atoms with Gasteiger partial charge in [-0.1, -0.05) is 18.2 Å². The summed E-state index contributed by atoms with van der Waals surface area (Å²) >= 11 is 0. The third-order valence-electron chi connectivity index (χ3n) is 3.14. The van der Waals surface area contributed by atoms with Crippen LogP contribution in [-0.4, -0.2) is 17.3 Å². The monoisotopic (exact) mass is 258 g/mol. The molecule has 0 saturated heterocycles. The summed E-state index contributed by atoms with van der Waals surface area (Å²) in [6.45, 7) is 1.95. The lowest BCUT2D eigenvalue weighted by Crippen LogP contribution is -2.02. The highest BCUT2D eigenvalue weighted by atomic mass is 16.5. The molecule has 0 heterocycles. The summed E-state index contributed by atoms with van der Waals surface area (Å²) in [5.74, 6) is 1.03. The van der Waals surface area contributed by atoms with E-state index in [0.717, 1.165) is 22.4 Å². The van der Waals surface area contributed by atoms with E-state index in [4.69, 9.17) is 4.74 Å². The van der Waals surface area contributed by atoms with Crippen molar-refractivity contribution in [2.24, 2.45) is 0 Å². The summed E-state index contributed by atoms with van der Waals surface area (Å²) in [4.78, 5) is 0. The van der Waals surface area contributed by atoms with Gasteiger partial charge < -0.3 is 14.9 Å². The van der Waals surface area contributed by atoms with Gasteiger partial charge in [-0.25, -0.2) is 0 Å². The molecule has 1 unspecified atom stereocenters. The van der Waals surface area contributed by atoms with Crippen molar-refractivity contribution in [1.82, 2.24) is 0 Å². The third-order valence-corrected chi connectivity index (χ3v) is 3.14. The van der Waals surface area contributed by atoms with E-state index < -0.39 is 6.10 Å². The number of phenolic OH excluding ortho intramolecular Hbond substituents is 1. The first kappa shape index (κ1) is 13.4. The predicted molar refractivity (Wildman–Crippen MR) is 74.5 cm³/mol. The van der Waals surface area contributed by atoms with Gasteiger partial charge in [0.25, 0.3) is 0 Å². The molecule has 0 radical (unpaired) electrons. The molecule has 3 heteroatoms. The summed E-state index contributed by atoms with van der Waals surface area (Å²) in [6.07, 6.45) is -0.119. The highest BCUT2D eigenvalue weighted by molar-refractivity contribution is 5.37. The predicted octanol–water partition coefficient (Wildman–Crippen LogP) is 2.99. The lowest BCUT2D eigenvalue weighted by Gasteiger charge is -2.13. The first-order chi connectivity index (χ1) is 9.10. The fourth-order valence-corrected chi connectivity index (χ4v) is 2.13. The van der Waals surface area contributed by atoms with Gasteiger partial charge in [-0.3, -0.25) is 0 Å². The van der Waals surface area contributed by atoms with Crippen molar-refractivity contribution in [2.45, 2.75) is 19.4 Å². The van der Waals surface area contributed by atoms with Crippen LogP contribution in [0.2, 0.25) is 0 Å². The number of aromatic hydroxyl groups is 1. The fourth-order valence-electron chi connectivity index (χ4n) is 2.13. The largest absolute Gasteiger partial charge is 0.508 e. The van der Waals surface area contributed by atoms with E-state index in [0.29, 0.717) is 6.42 Å². The first-order valence-corrected chi connectivity index (χ1v) is 6.20. The minimum atomic E-state index is -0.591. The normalized spacial score (nSPS) is 12.2. The van der Waals surface area contributed by atoms with Gasteiger partial charge in [0, 0.05) is 6.42 Å². The SMILES string of the molecule is COc1ccc(C(O)Cc2cccc(O)c2)cc1C. The van der Waals surface area contributed by atoms with Crippen LogP contribution >= 0.6 is 0 Å². The van der Waals surface area contributed by atoms with Crippen LogP contribution in [0.4, 0.5) is 0 Å². The van der Waals surface area contributed by atoms with Crippen molar-refractivity contribution in [2.75, 3.05) is 7.11 Å². The zero-order chi connectivity index (χ0) is 13.8. The number of aryl methyl sites for hydroxylation is 1. The average Bonchev–Trinajstić information content (AvgIpc) is 2.38. The molecule has 2 aromatic carbocycles. The molecular formula is C16H18O3. The third kappa shape index (κ3) is 3.26. The van der Waals surface area contributed by atoms with E-state index >= 15 is 0 Å². The summed E-state index contributed by atoms with van der Waals surface area (Å²) in [5, 5.41) is 19.6. The molecule has 2 aromatic rings.